The Labute approximate surface area is 208 Å². The Hall–Kier alpha value is -2.28. The lowest BCUT2D eigenvalue weighted by Crippen LogP contribution is -2.65. The molecule has 2 spiro atoms. The van der Waals surface area contributed by atoms with Crippen molar-refractivity contribution in [1.82, 2.24) is 0 Å². The van der Waals surface area contributed by atoms with Gasteiger partial charge >= 0.3 is 0 Å². The molecule has 3 aliphatic heterocycles. The normalized spacial score (nSPS) is 34.5. The molecule has 2 unspecified atom stereocenters. The number of benzene rings is 2. The van der Waals surface area contributed by atoms with Crippen LogP contribution in [0.3, 0.4) is 0 Å². The van der Waals surface area contributed by atoms with Crippen LogP contribution in [0.2, 0.25) is 0 Å². The first kappa shape index (κ1) is 22.0. The third-order valence-electron chi connectivity index (χ3n) is 7.26. The molecular formula is C24H20O9S2. The maximum absolute atomic E-state index is 13.1. The van der Waals surface area contributed by atoms with Crippen molar-refractivity contribution < 1.29 is 43.9 Å². The Balaban J connectivity index is 1.42. The van der Waals surface area contributed by atoms with Gasteiger partial charge in [-0.3, -0.25) is 14.3 Å². The minimum atomic E-state index is -1.56. The van der Waals surface area contributed by atoms with E-state index in [1.165, 1.54) is 17.8 Å². The first-order chi connectivity index (χ1) is 16.8. The summed E-state index contributed by atoms with van der Waals surface area (Å²) in [5.74, 6) is -2.92. The van der Waals surface area contributed by atoms with Gasteiger partial charge in [0.15, 0.2) is 23.8 Å². The smallest absolute Gasteiger partial charge is 0.274 e. The third kappa shape index (κ3) is 2.71. The molecule has 1 saturated heterocycles. The van der Waals surface area contributed by atoms with Crippen molar-refractivity contribution in [1.29, 1.82) is 0 Å². The van der Waals surface area contributed by atoms with Crippen molar-refractivity contribution in [2.75, 3.05) is 11.5 Å². The van der Waals surface area contributed by atoms with Crippen molar-refractivity contribution in [2.24, 2.45) is 0 Å². The molecule has 0 amide bonds. The van der Waals surface area contributed by atoms with Crippen LogP contribution in [0.1, 0.15) is 38.3 Å². The van der Waals surface area contributed by atoms with E-state index in [0.29, 0.717) is 22.6 Å². The average Bonchev–Trinajstić information content (AvgIpc) is 3.66. The van der Waals surface area contributed by atoms with Gasteiger partial charge in [0.25, 0.3) is 11.6 Å². The number of ether oxygens (including phenoxy) is 4. The van der Waals surface area contributed by atoms with Crippen molar-refractivity contribution >= 4 is 36.0 Å². The molecule has 182 valence electrons. The van der Waals surface area contributed by atoms with E-state index in [4.69, 9.17) is 18.9 Å². The first-order valence-corrected chi connectivity index (χ1v) is 12.9. The molecular weight excluding hydrogens is 496 g/mol. The van der Waals surface area contributed by atoms with Crippen molar-refractivity contribution in [3.05, 3.63) is 52.6 Å². The summed E-state index contributed by atoms with van der Waals surface area (Å²) in [4.78, 5) is 26.1. The number of carbonyl (C=O) groups excluding carboxylic acids is 2. The van der Waals surface area contributed by atoms with Gasteiger partial charge < -0.3 is 29.5 Å². The van der Waals surface area contributed by atoms with E-state index in [2.05, 4.69) is 12.6 Å². The van der Waals surface area contributed by atoms with Gasteiger partial charge in [0, 0.05) is 23.5 Å². The highest BCUT2D eigenvalue weighted by Gasteiger charge is 2.76. The molecule has 2 bridgehead atoms. The number of carbonyl (C=O) groups is 2. The van der Waals surface area contributed by atoms with Gasteiger partial charge in [0.05, 0.1) is 34.1 Å². The fraction of sp³-hybridized carbons (Fsp3) is 0.417. The number of fused-ring (bicyclic) bond motifs is 1. The number of hydrogen-bond donors (Lipinski definition) is 4. The minimum Gasteiger partial charge on any atom is -0.507 e. The predicted molar refractivity (Wildman–Crippen MR) is 124 cm³/mol. The molecule has 2 aromatic carbocycles. The number of rotatable bonds is 5. The number of thiol groups is 1. The highest BCUT2D eigenvalue weighted by molar-refractivity contribution is 8.00. The van der Waals surface area contributed by atoms with Gasteiger partial charge in [-0.2, -0.15) is 12.6 Å². The summed E-state index contributed by atoms with van der Waals surface area (Å²) in [5, 5.41) is 30.3. The van der Waals surface area contributed by atoms with Crippen LogP contribution in [0, 0.1) is 0 Å². The molecule has 1 fully saturated rings. The Bertz CT molecular complexity index is 1310. The highest BCUT2D eigenvalue weighted by Crippen LogP contribution is 2.66. The molecule has 2 aliphatic carbocycles. The first-order valence-electron chi connectivity index (χ1n) is 11.2. The molecule has 3 N–H and O–H groups in total. The molecule has 2 aromatic rings. The monoisotopic (exact) mass is 516 g/mol. The second-order valence-electron chi connectivity index (χ2n) is 9.26. The van der Waals surface area contributed by atoms with Gasteiger partial charge in [-0.15, -0.1) is 11.8 Å². The van der Waals surface area contributed by atoms with E-state index >= 15 is 0 Å². The Morgan fingerprint density at radius 1 is 1.06 bits per heavy atom. The summed E-state index contributed by atoms with van der Waals surface area (Å²) in [7, 11) is 0. The van der Waals surface area contributed by atoms with Gasteiger partial charge in [-0.1, -0.05) is 12.1 Å². The van der Waals surface area contributed by atoms with E-state index in [9.17, 15) is 24.9 Å². The molecule has 11 heteroatoms. The highest BCUT2D eigenvalue weighted by atomic mass is 32.2. The summed E-state index contributed by atoms with van der Waals surface area (Å²) in [6, 6.07) is 8.05. The Morgan fingerprint density at radius 2 is 1.83 bits per heavy atom. The molecule has 35 heavy (non-hydrogen) atoms. The number of Topliss-reactive ketones (excluding diaryl/α,β-unsaturated/α-hetero) is 2. The van der Waals surface area contributed by atoms with E-state index in [-0.39, 0.29) is 46.4 Å². The standard InChI is InChI=1S/C24H20O9S2/c25-10-4-5-15-19-17(10)20(29)21-22(30-21)24(19)32-14-3-1-2-9-11(26)6-16(23(31-15,33-24)18(9)14)35-8-13(28)12(27)7-34/h1-5,12-13,16,21-22,25,27-28,34H,6-8H2/t12?,13?,16-,21-,22-,23-,24+/m1/s1. The third-order valence-corrected chi connectivity index (χ3v) is 9.05. The largest absolute Gasteiger partial charge is 0.507 e. The van der Waals surface area contributed by atoms with Gasteiger partial charge in [-0.25, -0.2) is 0 Å². The predicted octanol–water partition coefficient (Wildman–Crippen LogP) is 1.50. The zero-order chi connectivity index (χ0) is 24.3. The quantitative estimate of drug-likeness (QED) is 0.342. The number of thioether (sulfide) groups is 1. The minimum absolute atomic E-state index is 0.0408. The summed E-state index contributed by atoms with van der Waals surface area (Å²) in [6.45, 7) is 0. The second kappa shape index (κ2) is 7.15. The summed E-state index contributed by atoms with van der Waals surface area (Å²) >= 11 is 5.29. The van der Waals surface area contributed by atoms with E-state index < -0.39 is 41.2 Å². The number of phenols is 1. The Morgan fingerprint density at radius 3 is 2.63 bits per heavy atom. The average molecular weight is 517 g/mol. The number of aromatic hydroxyl groups is 1. The van der Waals surface area contributed by atoms with Crippen LogP contribution in [-0.4, -0.2) is 68.1 Å². The molecule has 0 aromatic heterocycles. The van der Waals surface area contributed by atoms with Crippen LogP contribution in [0.5, 0.6) is 17.2 Å². The summed E-state index contributed by atoms with van der Waals surface area (Å²) in [5.41, 5.74) is 1.17. The van der Waals surface area contributed by atoms with Gasteiger partial charge in [0.2, 0.25) is 0 Å². The van der Waals surface area contributed by atoms with Crippen LogP contribution in [0.15, 0.2) is 30.3 Å². The fourth-order valence-electron chi connectivity index (χ4n) is 5.58. The van der Waals surface area contributed by atoms with E-state index in [0.717, 1.165) is 0 Å². The van der Waals surface area contributed by atoms with Crippen LogP contribution in [0.4, 0.5) is 0 Å². The zero-order valence-electron chi connectivity index (χ0n) is 18.0. The van der Waals surface area contributed by atoms with E-state index in [1.54, 1.807) is 24.3 Å². The van der Waals surface area contributed by atoms with Crippen LogP contribution in [0.25, 0.3) is 0 Å². The molecule has 0 radical (unpaired) electrons. The number of aliphatic hydroxyl groups is 2. The maximum Gasteiger partial charge on any atom is 0.274 e. The second-order valence-corrected chi connectivity index (χ2v) is 10.9. The maximum atomic E-state index is 13.1. The number of epoxide rings is 1. The molecule has 0 saturated carbocycles. The van der Waals surface area contributed by atoms with Crippen LogP contribution < -0.4 is 9.47 Å². The fourth-order valence-corrected chi connectivity index (χ4v) is 7.18. The van der Waals surface area contributed by atoms with Gasteiger partial charge in [-0.05, 0) is 18.2 Å². The molecule has 3 heterocycles. The molecule has 7 rings (SSSR count). The van der Waals surface area contributed by atoms with Crippen LogP contribution >= 0.6 is 24.4 Å². The number of ketones is 2. The summed E-state index contributed by atoms with van der Waals surface area (Å²) < 4.78 is 25.4. The molecule has 9 nitrogen and oxygen atoms in total. The Kier molecular flexibility index (Phi) is 4.48. The van der Waals surface area contributed by atoms with Crippen molar-refractivity contribution in [3.8, 4) is 17.2 Å². The van der Waals surface area contributed by atoms with Crippen LogP contribution in [-0.2, 0) is 21.0 Å². The number of aliphatic hydroxyl groups excluding tert-OH is 2. The lowest BCUT2D eigenvalue weighted by atomic mass is 9.78. The lowest BCUT2D eigenvalue weighted by molar-refractivity contribution is -0.364. The lowest BCUT2D eigenvalue weighted by Gasteiger charge is -2.56. The SMILES string of the molecule is O=C1C[C@@H](SCC(O)C(O)CS)[C@]23Oc4ccc(O)c5c4[C@](Oc4cccc1c42)(O3)[C@@H]1O[C@@H]1C5=O. The number of hydrogen-bond acceptors (Lipinski definition) is 11. The zero-order valence-corrected chi connectivity index (χ0v) is 19.8. The van der Waals surface area contributed by atoms with E-state index in [1.807, 2.05) is 0 Å². The topological polar surface area (TPSA) is 135 Å². The summed E-state index contributed by atoms with van der Waals surface area (Å²) in [6.07, 6.45) is -3.63. The van der Waals surface area contributed by atoms with Gasteiger partial charge in [0.1, 0.15) is 17.2 Å². The van der Waals surface area contributed by atoms with Crippen molar-refractivity contribution in [3.63, 3.8) is 0 Å². The molecule has 7 atom stereocenters. The molecule has 5 aliphatic rings. The number of phenolic OH excluding ortho intramolecular Hbond substituents is 1. The van der Waals surface area contributed by atoms with Crippen molar-refractivity contribution in [2.45, 2.75) is 47.7 Å².